The van der Waals surface area contributed by atoms with Crippen molar-refractivity contribution in [2.45, 2.75) is 18.9 Å². The lowest BCUT2D eigenvalue weighted by Crippen LogP contribution is -2.39. The van der Waals surface area contributed by atoms with Gasteiger partial charge in [0.25, 0.3) is 21.6 Å². The summed E-state index contributed by atoms with van der Waals surface area (Å²) in [7, 11) is -3.92. The first-order chi connectivity index (χ1) is 16.2. The lowest BCUT2D eigenvalue weighted by atomic mass is 9.98. The lowest BCUT2D eigenvalue weighted by molar-refractivity contribution is -0.130. The smallest absolute Gasteiger partial charge is 0.272 e. The lowest BCUT2D eigenvalue weighted by Gasteiger charge is -2.23. The zero-order chi connectivity index (χ0) is 24.1. The van der Waals surface area contributed by atoms with E-state index < -0.39 is 21.6 Å². The van der Waals surface area contributed by atoms with Crippen LogP contribution in [0.3, 0.4) is 0 Å². The van der Waals surface area contributed by atoms with Crippen molar-refractivity contribution in [3.8, 4) is 0 Å². The van der Waals surface area contributed by atoms with Gasteiger partial charge in [0.1, 0.15) is 0 Å². The van der Waals surface area contributed by atoms with Gasteiger partial charge in [0, 0.05) is 23.6 Å². The molecule has 0 spiro atoms. The number of carbonyl (C=O) groups excluding carboxylic acids is 1. The standard InChI is InChI=1S/C24H20N4O5S/c1-24(33-34(2,31)32)19-9-5-6-10-21(19)28(23(24)30)16-11-15(13-25-14-16)12-20-17-7-3-4-8-18(17)22(29)27-26-20/h3-11,13-14H,12H2,1-2H3,(H,27,29)/t24-/m1/s1. The number of hydrogen-bond acceptors (Lipinski definition) is 7. The van der Waals surface area contributed by atoms with Crippen molar-refractivity contribution in [1.82, 2.24) is 15.2 Å². The maximum Gasteiger partial charge on any atom is 0.272 e. The van der Waals surface area contributed by atoms with E-state index in [0.717, 1.165) is 17.2 Å². The van der Waals surface area contributed by atoms with E-state index in [-0.39, 0.29) is 5.56 Å². The van der Waals surface area contributed by atoms with Crippen LogP contribution in [0.15, 0.2) is 71.8 Å². The second-order valence-electron chi connectivity index (χ2n) is 8.25. The Morgan fingerprint density at radius 1 is 1.03 bits per heavy atom. The van der Waals surface area contributed by atoms with Crippen molar-refractivity contribution < 1.29 is 17.4 Å². The van der Waals surface area contributed by atoms with E-state index >= 15 is 0 Å². The number of nitrogens with one attached hydrogen (secondary N) is 1. The molecule has 0 radical (unpaired) electrons. The highest BCUT2D eigenvalue weighted by Crippen LogP contribution is 2.46. The molecule has 0 saturated carbocycles. The van der Waals surface area contributed by atoms with Gasteiger partial charge in [0.05, 0.1) is 34.9 Å². The molecule has 1 aliphatic heterocycles. The van der Waals surface area contributed by atoms with Crippen molar-refractivity contribution in [2.75, 3.05) is 11.2 Å². The number of hydrogen-bond donors (Lipinski definition) is 1. The number of aromatic amines is 1. The van der Waals surface area contributed by atoms with Crippen molar-refractivity contribution in [3.05, 3.63) is 94.2 Å². The second-order valence-corrected chi connectivity index (χ2v) is 9.83. The van der Waals surface area contributed by atoms with E-state index in [9.17, 15) is 18.0 Å². The molecule has 10 heteroatoms. The number of aromatic nitrogens is 3. The Balaban J connectivity index is 1.56. The van der Waals surface area contributed by atoms with E-state index in [1.807, 2.05) is 12.1 Å². The van der Waals surface area contributed by atoms with Crippen LogP contribution in [0.25, 0.3) is 10.8 Å². The largest absolute Gasteiger partial charge is 0.276 e. The first kappa shape index (κ1) is 21.9. The van der Waals surface area contributed by atoms with Gasteiger partial charge in [-0.05, 0) is 30.7 Å². The highest BCUT2D eigenvalue weighted by Gasteiger charge is 2.51. The highest BCUT2D eigenvalue weighted by molar-refractivity contribution is 7.86. The predicted molar refractivity (Wildman–Crippen MR) is 126 cm³/mol. The van der Waals surface area contributed by atoms with Crippen LogP contribution >= 0.6 is 0 Å². The number of pyridine rings is 1. The third-order valence-electron chi connectivity index (χ3n) is 5.77. The molecular formula is C24H20N4O5S. The monoisotopic (exact) mass is 476 g/mol. The van der Waals surface area contributed by atoms with Gasteiger partial charge in [-0.2, -0.15) is 13.5 Å². The third-order valence-corrected chi connectivity index (χ3v) is 6.41. The van der Waals surface area contributed by atoms with Crippen LogP contribution in [0.2, 0.25) is 0 Å². The van der Waals surface area contributed by atoms with E-state index in [4.69, 9.17) is 4.18 Å². The van der Waals surface area contributed by atoms with Crippen LogP contribution in [0.1, 0.15) is 23.7 Å². The van der Waals surface area contributed by atoms with Crippen LogP contribution < -0.4 is 10.5 Å². The maximum absolute atomic E-state index is 13.5. The van der Waals surface area contributed by atoms with Crippen LogP contribution in [-0.4, -0.2) is 35.8 Å². The molecule has 1 aliphatic rings. The molecule has 5 rings (SSSR count). The fourth-order valence-corrected chi connectivity index (χ4v) is 5.11. The Labute approximate surface area is 195 Å². The zero-order valence-corrected chi connectivity index (χ0v) is 19.2. The Morgan fingerprint density at radius 3 is 2.50 bits per heavy atom. The minimum atomic E-state index is -3.92. The summed E-state index contributed by atoms with van der Waals surface area (Å²) in [5, 5.41) is 8.00. The predicted octanol–water partition coefficient (Wildman–Crippen LogP) is 2.78. The number of carbonyl (C=O) groups is 1. The number of rotatable bonds is 5. The van der Waals surface area contributed by atoms with Gasteiger partial charge in [-0.25, -0.2) is 9.28 Å². The summed E-state index contributed by atoms with van der Waals surface area (Å²) in [5.74, 6) is -0.536. The van der Waals surface area contributed by atoms with Gasteiger partial charge < -0.3 is 0 Å². The number of fused-ring (bicyclic) bond motifs is 2. The van der Waals surface area contributed by atoms with E-state index in [2.05, 4.69) is 15.2 Å². The first-order valence-corrected chi connectivity index (χ1v) is 12.2. The number of amides is 1. The maximum atomic E-state index is 13.5. The van der Waals surface area contributed by atoms with Crippen LogP contribution in [0, 0.1) is 0 Å². The summed E-state index contributed by atoms with van der Waals surface area (Å²) in [4.78, 5) is 31.3. The SMILES string of the molecule is C[C@]1(OS(C)(=O)=O)C(=O)N(c2cncc(Cc3n[nH]c(=O)c4ccccc34)c2)c2ccccc21. The van der Waals surface area contributed by atoms with E-state index in [1.54, 1.807) is 48.7 Å². The minimum Gasteiger partial charge on any atom is -0.276 e. The van der Waals surface area contributed by atoms with Crippen LogP contribution in [-0.2, 0) is 31.1 Å². The molecule has 0 unspecified atom stereocenters. The molecule has 1 N–H and O–H groups in total. The molecule has 0 aliphatic carbocycles. The van der Waals surface area contributed by atoms with Gasteiger partial charge in [0.15, 0.2) is 5.60 Å². The second kappa shape index (κ2) is 7.86. The van der Waals surface area contributed by atoms with Crippen molar-refractivity contribution in [3.63, 3.8) is 0 Å². The topological polar surface area (TPSA) is 122 Å². The van der Waals surface area contributed by atoms with Crippen molar-refractivity contribution in [1.29, 1.82) is 0 Å². The summed E-state index contributed by atoms with van der Waals surface area (Å²) in [6.45, 7) is 1.45. The average Bonchev–Trinajstić information content (AvgIpc) is 3.01. The number of anilines is 2. The number of H-pyrrole nitrogens is 1. The fraction of sp³-hybridized carbons (Fsp3) is 0.167. The summed E-state index contributed by atoms with van der Waals surface area (Å²) in [6, 6.07) is 15.9. The Bertz CT molecular complexity index is 1620. The molecule has 1 atom stereocenters. The van der Waals surface area contributed by atoms with Crippen LogP contribution in [0.4, 0.5) is 11.4 Å². The molecule has 0 bridgehead atoms. The summed E-state index contributed by atoms with van der Waals surface area (Å²) >= 11 is 0. The summed E-state index contributed by atoms with van der Waals surface area (Å²) < 4.78 is 29.2. The summed E-state index contributed by atoms with van der Waals surface area (Å²) in [5.41, 5.74) is 0.879. The van der Waals surface area contributed by atoms with Gasteiger partial charge in [0.2, 0.25) is 0 Å². The fourth-order valence-electron chi connectivity index (χ4n) is 4.34. The molecule has 2 aromatic carbocycles. The minimum absolute atomic E-state index is 0.268. The summed E-state index contributed by atoms with van der Waals surface area (Å²) in [6.07, 6.45) is 4.46. The van der Waals surface area contributed by atoms with Crippen LogP contribution in [0.5, 0.6) is 0 Å². The van der Waals surface area contributed by atoms with Gasteiger partial charge in [-0.3, -0.25) is 19.5 Å². The third kappa shape index (κ3) is 3.66. The molecule has 34 heavy (non-hydrogen) atoms. The Kier molecular flexibility index (Phi) is 5.07. The zero-order valence-electron chi connectivity index (χ0n) is 18.3. The molecule has 1 amide bonds. The molecule has 9 nitrogen and oxygen atoms in total. The quantitative estimate of drug-likeness (QED) is 0.440. The molecule has 0 fully saturated rings. The van der Waals surface area contributed by atoms with Crippen molar-refractivity contribution in [2.24, 2.45) is 0 Å². The van der Waals surface area contributed by atoms with Crippen molar-refractivity contribution >= 4 is 38.2 Å². The van der Waals surface area contributed by atoms with E-state index in [1.165, 1.54) is 18.0 Å². The molecule has 3 heterocycles. The Hall–Kier alpha value is -3.89. The van der Waals surface area contributed by atoms with E-state index in [0.29, 0.717) is 34.4 Å². The molecule has 0 saturated heterocycles. The first-order valence-electron chi connectivity index (χ1n) is 10.4. The molecule has 2 aromatic heterocycles. The number of benzene rings is 2. The average molecular weight is 477 g/mol. The molecule has 172 valence electrons. The molecular weight excluding hydrogens is 456 g/mol. The highest BCUT2D eigenvalue weighted by atomic mass is 32.2. The van der Waals surface area contributed by atoms with Gasteiger partial charge in [-0.15, -0.1) is 0 Å². The normalized spacial score (nSPS) is 17.8. The molecule has 4 aromatic rings. The number of nitrogens with zero attached hydrogens (tertiary/aromatic N) is 3. The van der Waals surface area contributed by atoms with Gasteiger partial charge in [-0.1, -0.05) is 36.4 Å². The number of para-hydroxylation sites is 1. The Morgan fingerprint density at radius 2 is 1.74 bits per heavy atom. The van der Waals surface area contributed by atoms with Gasteiger partial charge >= 0.3 is 0 Å².